The van der Waals surface area contributed by atoms with Crippen molar-refractivity contribution in [2.24, 2.45) is 11.7 Å². The molecule has 2 aliphatic carbocycles. The van der Waals surface area contributed by atoms with Gasteiger partial charge in [0.1, 0.15) is 5.75 Å². The molecule has 4 heteroatoms. The smallest absolute Gasteiger partial charge is 0.223 e. The lowest BCUT2D eigenvalue weighted by atomic mass is 9.85. The summed E-state index contributed by atoms with van der Waals surface area (Å²) in [6.45, 7) is 0.535. The van der Waals surface area contributed by atoms with Gasteiger partial charge in [-0.1, -0.05) is 24.6 Å². The van der Waals surface area contributed by atoms with Gasteiger partial charge in [0.25, 0.3) is 0 Å². The van der Waals surface area contributed by atoms with Crippen LogP contribution in [0.3, 0.4) is 0 Å². The Morgan fingerprint density at radius 3 is 2.68 bits per heavy atom. The Labute approximate surface area is 132 Å². The third-order valence-corrected chi connectivity index (χ3v) is 4.86. The second-order valence-corrected chi connectivity index (χ2v) is 6.62. The molecule has 22 heavy (non-hydrogen) atoms. The molecule has 0 aromatic heterocycles. The van der Waals surface area contributed by atoms with Gasteiger partial charge in [0.15, 0.2) is 0 Å². The van der Waals surface area contributed by atoms with Gasteiger partial charge in [-0.15, -0.1) is 0 Å². The third kappa shape index (κ3) is 3.80. The number of nitrogens with one attached hydrogen (secondary N) is 1. The summed E-state index contributed by atoms with van der Waals surface area (Å²) < 4.78 is 6.00. The Balaban J connectivity index is 1.55. The molecule has 3 N–H and O–H groups in total. The topological polar surface area (TPSA) is 64.4 Å². The molecule has 0 radical (unpaired) electrons. The highest BCUT2D eigenvalue weighted by Gasteiger charge is 2.25. The van der Waals surface area contributed by atoms with Crippen LogP contribution in [0.15, 0.2) is 24.3 Å². The van der Waals surface area contributed by atoms with Crippen LogP contribution in [-0.4, -0.2) is 18.1 Å². The van der Waals surface area contributed by atoms with E-state index in [1.807, 2.05) is 24.3 Å². The predicted octanol–water partition coefficient (Wildman–Crippen LogP) is 2.75. The van der Waals surface area contributed by atoms with Crippen molar-refractivity contribution in [3.63, 3.8) is 0 Å². The second kappa shape index (κ2) is 7.14. The molecule has 0 bridgehead atoms. The van der Waals surface area contributed by atoms with Crippen LogP contribution >= 0.6 is 0 Å². The first kappa shape index (κ1) is 15.3. The van der Waals surface area contributed by atoms with E-state index in [1.54, 1.807) is 0 Å². The van der Waals surface area contributed by atoms with Crippen LogP contribution < -0.4 is 15.8 Å². The fourth-order valence-corrected chi connectivity index (χ4v) is 3.23. The minimum absolute atomic E-state index is 0.0727. The van der Waals surface area contributed by atoms with Crippen molar-refractivity contribution in [1.82, 2.24) is 5.32 Å². The lowest BCUT2D eigenvalue weighted by Crippen LogP contribution is -2.37. The van der Waals surface area contributed by atoms with Crippen LogP contribution in [0.2, 0.25) is 0 Å². The van der Waals surface area contributed by atoms with Gasteiger partial charge in [-0.2, -0.15) is 0 Å². The van der Waals surface area contributed by atoms with E-state index in [1.165, 1.54) is 6.42 Å². The number of carbonyl (C=O) groups is 1. The van der Waals surface area contributed by atoms with E-state index in [9.17, 15) is 4.79 Å². The Morgan fingerprint density at radius 1 is 1.18 bits per heavy atom. The number of ether oxygens (including phenoxy) is 1. The Morgan fingerprint density at radius 2 is 1.95 bits per heavy atom. The SMILES string of the molecule is NC1CCCC(C(=O)NCc2ccccc2OC2CCC2)C1. The molecule has 1 aromatic rings. The normalized spacial score (nSPS) is 25.3. The van der Waals surface area contributed by atoms with Crippen molar-refractivity contribution in [3.05, 3.63) is 29.8 Å². The zero-order valence-corrected chi connectivity index (χ0v) is 13.1. The van der Waals surface area contributed by atoms with Crippen LogP contribution in [-0.2, 0) is 11.3 Å². The predicted molar refractivity (Wildman–Crippen MR) is 86.5 cm³/mol. The minimum Gasteiger partial charge on any atom is -0.490 e. The van der Waals surface area contributed by atoms with E-state index >= 15 is 0 Å². The Kier molecular flexibility index (Phi) is 4.98. The van der Waals surface area contributed by atoms with Crippen molar-refractivity contribution < 1.29 is 9.53 Å². The first-order valence-corrected chi connectivity index (χ1v) is 8.50. The van der Waals surface area contributed by atoms with Gasteiger partial charge in [0.05, 0.1) is 6.10 Å². The highest BCUT2D eigenvalue weighted by Crippen LogP contribution is 2.28. The molecular weight excluding hydrogens is 276 g/mol. The lowest BCUT2D eigenvalue weighted by Gasteiger charge is -2.28. The maximum absolute atomic E-state index is 12.3. The van der Waals surface area contributed by atoms with E-state index in [4.69, 9.17) is 10.5 Å². The maximum atomic E-state index is 12.3. The largest absolute Gasteiger partial charge is 0.490 e. The summed E-state index contributed by atoms with van der Waals surface area (Å²) in [7, 11) is 0. The maximum Gasteiger partial charge on any atom is 0.223 e. The molecule has 2 atom stereocenters. The summed E-state index contributed by atoms with van der Waals surface area (Å²) >= 11 is 0. The minimum atomic E-state index is 0.0727. The Hall–Kier alpha value is -1.55. The standard InChI is InChI=1S/C18H26N2O2/c19-15-7-3-6-13(11-15)18(21)20-12-14-5-1-2-10-17(14)22-16-8-4-9-16/h1-2,5,10,13,15-16H,3-4,6-9,11-12,19H2,(H,20,21). The summed E-state index contributed by atoms with van der Waals surface area (Å²) in [5.74, 6) is 1.12. The number of amides is 1. The highest BCUT2D eigenvalue weighted by molar-refractivity contribution is 5.78. The molecule has 0 aliphatic heterocycles. The average Bonchev–Trinajstić information content (AvgIpc) is 2.49. The van der Waals surface area contributed by atoms with Gasteiger partial charge in [-0.05, 0) is 44.6 Å². The third-order valence-electron chi connectivity index (χ3n) is 4.86. The fraction of sp³-hybridized carbons (Fsp3) is 0.611. The van der Waals surface area contributed by atoms with Crippen molar-refractivity contribution in [1.29, 1.82) is 0 Å². The molecule has 2 unspecified atom stereocenters. The number of benzene rings is 1. The Bertz CT molecular complexity index is 514. The van der Waals surface area contributed by atoms with Gasteiger partial charge >= 0.3 is 0 Å². The molecular formula is C18H26N2O2. The van der Waals surface area contributed by atoms with Crippen LogP contribution in [0, 0.1) is 5.92 Å². The van der Waals surface area contributed by atoms with E-state index in [2.05, 4.69) is 5.32 Å². The van der Waals surface area contributed by atoms with Crippen molar-refractivity contribution in [2.75, 3.05) is 0 Å². The van der Waals surface area contributed by atoms with Crippen LogP contribution in [0.25, 0.3) is 0 Å². The summed E-state index contributed by atoms with van der Waals surface area (Å²) in [5, 5.41) is 3.06. The summed E-state index contributed by atoms with van der Waals surface area (Å²) in [5.41, 5.74) is 7.03. The number of hydrogen-bond donors (Lipinski definition) is 2. The lowest BCUT2D eigenvalue weighted by molar-refractivity contribution is -0.126. The molecule has 0 heterocycles. The quantitative estimate of drug-likeness (QED) is 0.879. The molecule has 2 saturated carbocycles. The first-order valence-electron chi connectivity index (χ1n) is 8.50. The van der Waals surface area contributed by atoms with Crippen LogP contribution in [0.5, 0.6) is 5.75 Å². The molecule has 120 valence electrons. The molecule has 2 aliphatic rings. The van der Waals surface area contributed by atoms with Gasteiger partial charge in [0.2, 0.25) is 5.91 Å². The van der Waals surface area contributed by atoms with Gasteiger partial charge in [-0.3, -0.25) is 4.79 Å². The number of nitrogens with two attached hydrogens (primary N) is 1. The van der Waals surface area contributed by atoms with E-state index < -0.39 is 0 Å². The van der Waals surface area contributed by atoms with E-state index in [0.29, 0.717) is 12.6 Å². The first-order chi connectivity index (χ1) is 10.7. The van der Waals surface area contributed by atoms with Gasteiger partial charge in [0, 0.05) is 24.1 Å². The monoisotopic (exact) mass is 302 g/mol. The summed E-state index contributed by atoms with van der Waals surface area (Å²) in [4.78, 5) is 12.3. The molecule has 0 saturated heterocycles. The van der Waals surface area contributed by atoms with E-state index in [0.717, 1.165) is 49.8 Å². The average molecular weight is 302 g/mol. The summed E-state index contributed by atoms with van der Waals surface area (Å²) in [6, 6.07) is 8.18. The van der Waals surface area contributed by atoms with Crippen molar-refractivity contribution in [2.45, 2.75) is 63.6 Å². The van der Waals surface area contributed by atoms with Crippen LogP contribution in [0.1, 0.15) is 50.5 Å². The zero-order chi connectivity index (χ0) is 15.4. The van der Waals surface area contributed by atoms with E-state index in [-0.39, 0.29) is 17.9 Å². The number of carbonyl (C=O) groups excluding carboxylic acids is 1. The molecule has 0 spiro atoms. The van der Waals surface area contributed by atoms with Crippen molar-refractivity contribution in [3.8, 4) is 5.75 Å². The van der Waals surface area contributed by atoms with Gasteiger partial charge in [-0.25, -0.2) is 0 Å². The summed E-state index contributed by atoms with van der Waals surface area (Å²) in [6.07, 6.45) is 7.76. The molecule has 2 fully saturated rings. The second-order valence-electron chi connectivity index (χ2n) is 6.62. The molecule has 1 aromatic carbocycles. The number of hydrogen-bond acceptors (Lipinski definition) is 3. The van der Waals surface area contributed by atoms with Crippen molar-refractivity contribution >= 4 is 5.91 Å². The molecule has 1 amide bonds. The van der Waals surface area contributed by atoms with Crippen LogP contribution in [0.4, 0.5) is 0 Å². The molecule has 4 nitrogen and oxygen atoms in total. The number of para-hydroxylation sites is 1. The fourth-order valence-electron chi connectivity index (χ4n) is 3.23. The zero-order valence-electron chi connectivity index (χ0n) is 13.1. The highest BCUT2D eigenvalue weighted by atomic mass is 16.5. The molecule has 3 rings (SSSR count). The number of rotatable bonds is 5. The van der Waals surface area contributed by atoms with Gasteiger partial charge < -0.3 is 15.8 Å².